The van der Waals surface area contributed by atoms with Gasteiger partial charge in [0.1, 0.15) is 10.8 Å². The highest BCUT2D eigenvalue weighted by Gasteiger charge is 2.20. The number of nitrogens with two attached hydrogens (primary N) is 1. The molecule has 0 amide bonds. The van der Waals surface area contributed by atoms with E-state index in [1.807, 2.05) is 16.1 Å². The summed E-state index contributed by atoms with van der Waals surface area (Å²) in [7, 11) is 0. The Morgan fingerprint density at radius 1 is 1.29 bits per heavy atom. The molecular weight excluding hydrogens is 397 g/mol. The normalized spacial score (nSPS) is 13.8. The molecule has 0 radical (unpaired) electrons. The van der Waals surface area contributed by atoms with E-state index in [-0.39, 0.29) is 17.9 Å². The van der Waals surface area contributed by atoms with Crippen LogP contribution in [-0.2, 0) is 6.54 Å². The first-order chi connectivity index (χ1) is 13.7. The minimum atomic E-state index is -0.340. The van der Waals surface area contributed by atoms with Crippen LogP contribution in [0.3, 0.4) is 0 Å². The quantitative estimate of drug-likeness (QED) is 0.457. The number of hydrogen-bond donors (Lipinski definition) is 2. The number of fused-ring (bicyclic) bond motifs is 1. The Morgan fingerprint density at radius 2 is 2.18 bits per heavy atom. The molecule has 2 atom stereocenters. The number of rotatable bonds is 8. The highest BCUT2D eigenvalue weighted by molar-refractivity contribution is 7.18. The van der Waals surface area contributed by atoms with E-state index in [0.717, 1.165) is 12.2 Å². The highest BCUT2D eigenvalue weighted by atomic mass is 32.1. The molecule has 3 heterocycles. The summed E-state index contributed by atoms with van der Waals surface area (Å²) in [6.07, 6.45) is 0.812. The third-order valence-electron chi connectivity index (χ3n) is 4.45. The monoisotopic (exact) mass is 417 g/mol. The molecule has 1 aromatic carbocycles. The molecule has 7 nitrogen and oxygen atoms in total. The summed E-state index contributed by atoms with van der Waals surface area (Å²) >= 11 is 2.97. The molecule has 0 saturated carbocycles. The summed E-state index contributed by atoms with van der Waals surface area (Å²) in [5.41, 5.74) is 6.96. The zero-order chi connectivity index (χ0) is 19.5. The zero-order valence-corrected chi connectivity index (χ0v) is 16.9. The van der Waals surface area contributed by atoms with Crippen LogP contribution in [0.5, 0.6) is 0 Å². The van der Waals surface area contributed by atoms with Gasteiger partial charge in [-0.25, -0.2) is 14.1 Å². The van der Waals surface area contributed by atoms with Crippen molar-refractivity contribution in [1.82, 2.24) is 30.5 Å². The van der Waals surface area contributed by atoms with Crippen molar-refractivity contribution in [3.8, 4) is 0 Å². The SMILES string of the molecule is CCC(NCC(N)c1nc2cccc(F)c2s1)c1nnnn1Cc1cccs1. The van der Waals surface area contributed by atoms with Crippen LogP contribution in [0.15, 0.2) is 35.7 Å². The average molecular weight is 418 g/mol. The van der Waals surface area contributed by atoms with E-state index in [4.69, 9.17) is 5.73 Å². The van der Waals surface area contributed by atoms with Crippen LogP contribution in [0, 0.1) is 5.82 Å². The van der Waals surface area contributed by atoms with Crippen LogP contribution in [0.1, 0.15) is 41.1 Å². The molecule has 0 bridgehead atoms. The molecule has 10 heteroatoms. The molecule has 2 unspecified atom stereocenters. The number of halogens is 1. The van der Waals surface area contributed by atoms with Crippen molar-refractivity contribution in [3.05, 3.63) is 57.2 Å². The number of hydrogen-bond acceptors (Lipinski definition) is 8. The van der Waals surface area contributed by atoms with Gasteiger partial charge in [-0.15, -0.1) is 27.8 Å². The summed E-state index contributed by atoms with van der Waals surface area (Å²) in [6.45, 7) is 3.20. The maximum Gasteiger partial charge on any atom is 0.168 e. The van der Waals surface area contributed by atoms with E-state index < -0.39 is 0 Å². The van der Waals surface area contributed by atoms with Crippen LogP contribution in [0.2, 0.25) is 0 Å². The minimum Gasteiger partial charge on any atom is -0.321 e. The first-order valence-electron chi connectivity index (χ1n) is 8.98. The number of thiazole rings is 1. The first-order valence-corrected chi connectivity index (χ1v) is 10.7. The Kier molecular flexibility index (Phi) is 5.72. The largest absolute Gasteiger partial charge is 0.321 e. The summed E-state index contributed by atoms with van der Waals surface area (Å²) in [5, 5.41) is 18.4. The fourth-order valence-corrected chi connectivity index (χ4v) is 4.65. The smallest absolute Gasteiger partial charge is 0.168 e. The van der Waals surface area contributed by atoms with Gasteiger partial charge in [-0.2, -0.15) is 0 Å². The van der Waals surface area contributed by atoms with Gasteiger partial charge < -0.3 is 11.1 Å². The maximum atomic E-state index is 13.9. The predicted octanol–water partition coefficient (Wildman–Crippen LogP) is 3.27. The van der Waals surface area contributed by atoms with Crippen molar-refractivity contribution in [2.24, 2.45) is 5.73 Å². The number of nitrogens with one attached hydrogen (secondary N) is 1. The van der Waals surface area contributed by atoms with Gasteiger partial charge in [0.05, 0.1) is 28.8 Å². The summed E-state index contributed by atoms with van der Waals surface area (Å²) in [5.74, 6) is 0.513. The average Bonchev–Trinajstić information content (AvgIpc) is 3.44. The number of benzene rings is 1. The topological polar surface area (TPSA) is 94.5 Å². The summed E-state index contributed by atoms with van der Waals surface area (Å²) in [6, 6.07) is 8.60. The van der Waals surface area contributed by atoms with Gasteiger partial charge in [0.2, 0.25) is 0 Å². The number of tetrazole rings is 1. The van der Waals surface area contributed by atoms with Crippen molar-refractivity contribution >= 4 is 32.9 Å². The summed E-state index contributed by atoms with van der Waals surface area (Å²) < 4.78 is 16.3. The van der Waals surface area contributed by atoms with E-state index in [1.54, 1.807) is 23.5 Å². The van der Waals surface area contributed by atoms with E-state index in [0.29, 0.717) is 28.3 Å². The van der Waals surface area contributed by atoms with E-state index in [2.05, 4.69) is 38.8 Å². The zero-order valence-electron chi connectivity index (χ0n) is 15.2. The lowest BCUT2D eigenvalue weighted by molar-refractivity contribution is 0.446. The Balaban J connectivity index is 1.45. The fraction of sp³-hybridized carbons (Fsp3) is 0.333. The van der Waals surface area contributed by atoms with E-state index in [1.165, 1.54) is 22.3 Å². The second-order valence-electron chi connectivity index (χ2n) is 6.39. The molecule has 4 aromatic rings. The number of thiophene rings is 1. The van der Waals surface area contributed by atoms with Crippen molar-refractivity contribution < 1.29 is 4.39 Å². The van der Waals surface area contributed by atoms with Crippen LogP contribution < -0.4 is 11.1 Å². The lowest BCUT2D eigenvalue weighted by Crippen LogP contribution is -2.31. The fourth-order valence-electron chi connectivity index (χ4n) is 2.99. The van der Waals surface area contributed by atoms with Crippen LogP contribution in [0.25, 0.3) is 10.2 Å². The number of aromatic nitrogens is 5. The van der Waals surface area contributed by atoms with Crippen LogP contribution in [-0.4, -0.2) is 31.7 Å². The molecule has 146 valence electrons. The van der Waals surface area contributed by atoms with Gasteiger partial charge in [0.25, 0.3) is 0 Å². The molecule has 3 N–H and O–H groups in total. The van der Waals surface area contributed by atoms with Crippen LogP contribution >= 0.6 is 22.7 Å². The van der Waals surface area contributed by atoms with Gasteiger partial charge in [-0.05, 0) is 40.4 Å². The lowest BCUT2D eigenvalue weighted by atomic mass is 10.2. The maximum absolute atomic E-state index is 13.9. The Morgan fingerprint density at radius 3 is 2.93 bits per heavy atom. The Labute approximate surface area is 169 Å². The molecule has 0 saturated heterocycles. The van der Waals surface area contributed by atoms with Crippen molar-refractivity contribution in [2.45, 2.75) is 32.0 Å². The molecule has 0 aliphatic carbocycles. The third-order valence-corrected chi connectivity index (χ3v) is 6.52. The molecule has 4 rings (SSSR count). The van der Waals surface area contributed by atoms with Gasteiger partial charge in [-0.3, -0.25) is 0 Å². The standard InChI is InChI=1S/C18H20FN7S2/c1-2-14(17-23-24-25-26(17)10-11-5-4-8-27-11)21-9-13(20)18-22-15-7-3-6-12(19)16(15)28-18/h3-8,13-14,21H,2,9-10,20H2,1H3. The van der Waals surface area contributed by atoms with Gasteiger partial charge in [0.15, 0.2) is 5.82 Å². The molecule has 28 heavy (non-hydrogen) atoms. The second-order valence-corrected chi connectivity index (χ2v) is 8.45. The van der Waals surface area contributed by atoms with Gasteiger partial charge >= 0.3 is 0 Å². The van der Waals surface area contributed by atoms with Gasteiger partial charge in [-0.1, -0.05) is 19.1 Å². The minimum absolute atomic E-state index is 0.0351. The van der Waals surface area contributed by atoms with Crippen molar-refractivity contribution in [2.75, 3.05) is 6.54 Å². The molecular formula is C18H20FN7S2. The third kappa shape index (κ3) is 3.95. The molecule has 0 spiro atoms. The lowest BCUT2D eigenvalue weighted by Gasteiger charge is -2.18. The number of nitrogens with zero attached hydrogens (tertiary/aromatic N) is 5. The van der Waals surface area contributed by atoms with E-state index in [9.17, 15) is 4.39 Å². The molecule has 0 aliphatic heterocycles. The molecule has 3 aromatic heterocycles. The summed E-state index contributed by atoms with van der Waals surface area (Å²) in [4.78, 5) is 5.67. The van der Waals surface area contributed by atoms with Crippen molar-refractivity contribution in [1.29, 1.82) is 0 Å². The first kappa shape index (κ1) is 19.1. The predicted molar refractivity (Wildman–Crippen MR) is 109 cm³/mol. The van der Waals surface area contributed by atoms with E-state index >= 15 is 0 Å². The molecule has 0 aliphatic rings. The molecule has 0 fully saturated rings. The van der Waals surface area contributed by atoms with Crippen molar-refractivity contribution in [3.63, 3.8) is 0 Å². The Bertz CT molecular complexity index is 1040. The Hall–Kier alpha value is -2.27. The second kappa shape index (κ2) is 8.39. The highest BCUT2D eigenvalue weighted by Crippen LogP contribution is 2.28. The van der Waals surface area contributed by atoms with Crippen LogP contribution in [0.4, 0.5) is 4.39 Å². The van der Waals surface area contributed by atoms with Gasteiger partial charge in [0, 0.05) is 11.4 Å².